The van der Waals surface area contributed by atoms with Crippen LogP contribution < -0.4 is 0 Å². The number of aromatic carboxylic acids is 1. The summed E-state index contributed by atoms with van der Waals surface area (Å²) in [6.07, 6.45) is 0. The summed E-state index contributed by atoms with van der Waals surface area (Å²) < 4.78 is 0. The van der Waals surface area contributed by atoms with Crippen LogP contribution in [-0.4, -0.2) is 76.6 Å². The number of carboxylic acids is 1. The fourth-order valence-corrected chi connectivity index (χ4v) is 3.53. The highest BCUT2D eigenvalue weighted by molar-refractivity contribution is 6.31. The first-order valence-corrected chi connectivity index (χ1v) is 11.4. The van der Waals surface area contributed by atoms with E-state index in [1.54, 1.807) is 45.2 Å². The number of tetrazole rings is 2. The molecule has 1 amide bonds. The second-order valence-electron chi connectivity index (χ2n) is 7.63. The van der Waals surface area contributed by atoms with Crippen molar-refractivity contribution in [2.75, 3.05) is 14.2 Å². The Morgan fingerprint density at radius 1 is 0.892 bits per heavy atom. The largest absolute Gasteiger partial charge is 0.478 e. The molecule has 0 unspecified atom stereocenters. The van der Waals surface area contributed by atoms with Gasteiger partial charge in [0.2, 0.25) is 0 Å². The number of hydroxylamine groups is 2. The third-order valence-electron chi connectivity index (χ3n) is 4.88. The van der Waals surface area contributed by atoms with E-state index in [1.165, 1.54) is 28.8 Å². The molecule has 2 aromatic carbocycles. The highest BCUT2D eigenvalue weighted by Crippen LogP contribution is 2.19. The Morgan fingerprint density at radius 2 is 1.35 bits per heavy atom. The Hall–Kier alpha value is -3.94. The number of hydrogen-bond acceptors (Lipinski definition) is 9. The minimum absolute atomic E-state index is 0.185. The van der Waals surface area contributed by atoms with Crippen LogP contribution in [0.3, 0.4) is 0 Å². The van der Waals surface area contributed by atoms with Crippen LogP contribution in [0.4, 0.5) is 0 Å². The molecule has 2 aromatic heterocycles. The predicted octanol–water partition coefficient (Wildman–Crippen LogP) is 2.70. The molecule has 37 heavy (non-hydrogen) atoms. The maximum atomic E-state index is 12.2. The second kappa shape index (κ2) is 12.3. The monoisotopic (exact) mass is 547 g/mol. The number of aromatic nitrogens is 8. The number of amides is 1. The second-order valence-corrected chi connectivity index (χ2v) is 8.50. The zero-order valence-electron chi connectivity index (χ0n) is 20.3. The number of carbonyl (C=O) groups excluding carboxylic acids is 1. The van der Waals surface area contributed by atoms with E-state index < -0.39 is 5.97 Å². The quantitative estimate of drug-likeness (QED) is 0.341. The average molecular weight is 548 g/mol. The number of hydrogen-bond donors (Lipinski definition) is 1. The fourth-order valence-electron chi connectivity index (χ4n) is 3.14. The molecule has 0 aliphatic heterocycles. The van der Waals surface area contributed by atoms with Gasteiger partial charge in [-0.15, -0.1) is 20.4 Å². The molecule has 0 fully saturated rings. The van der Waals surface area contributed by atoms with Gasteiger partial charge in [-0.25, -0.2) is 9.86 Å². The molecular weight excluding hydrogens is 525 g/mol. The lowest BCUT2D eigenvalue weighted by Crippen LogP contribution is -2.26. The van der Waals surface area contributed by atoms with Crippen molar-refractivity contribution in [3.63, 3.8) is 0 Å². The lowest BCUT2D eigenvalue weighted by atomic mass is 10.1. The van der Waals surface area contributed by atoms with Gasteiger partial charge in [-0.3, -0.25) is 9.63 Å². The van der Waals surface area contributed by atoms with E-state index in [9.17, 15) is 9.59 Å². The number of rotatable bonds is 7. The summed E-state index contributed by atoms with van der Waals surface area (Å²) in [5.41, 5.74) is 1.91. The van der Waals surface area contributed by atoms with Crippen molar-refractivity contribution in [3.05, 3.63) is 80.3 Å². The molecule has 2 heterocycles. The van der Waals surface area contributed by atoms with Crippen LogP contribution in [0.5, 0.6) is 0 Å². The lowest BCUT2D eigenvalue weighted by molar-refractivity contribution is -0.0757. The molecule has 0 aliphatic carbocycles. The van der Waals surface area contributed by atoms with Crippen LogP contribution in [-0.2, 0) is 17.9 Å². The Morgan fingerprint density at radius 3 is 1.76 bits per heavy atom. The molecule has 4 aromatic rings. The maximum absolute atomic E-state index is 12.2. The van der Waals surface area contributed by atoms with Crippen LogP contribution in [0.1, 0.15) is 43.5 Å². The molecule has 194 valence electrons. The van der Waals surface area contributed by atoms with Crippen molar-refractivity contribution < 1.29 is 19.5 Å². The van der Waals surface area contributed by atoms with Gasteiger partial charge in [0.05, 0.1) is 25.8 Å². The average Bonchev–Trinajstić information content (AvgIpc) is 3.45. The van der Waals surface area contributed by atoms with E-state index in [-0.39, 0.29) is 18.0 Å². The van der Waals surface area contributed by atoms with Crippen LogP contribution in [0.15, 0.2) is 36.4 Å². The molecule has 0 radical (unpaired) electrons. The van der Waals surface area contributed by atoms with Gasteiger partial charge in [0, 0.05) is 22.7 Å². The molecule has 0 bridgehead atoms. The third kappa shape index (κ3) is 7.52. The summed E-state index contributed by atoms with van der Waals surface area (Å²) in [4.78, 5) is 30.9. The summed E-state index contributed by atoms with van der Waals surface area (Å²) in [6, 6.07) is 9.60. The van der Waals surface area contributed by atoms with Crippen molar-refractivity contribution >= 4 is 35.1 Å². The number of carbonyl (C=O) groups is 2. The number of benzene rings is 2. The molecule has 0 spiro atoms. The van der Waals surface area contributed by atoms with Crippen molar-refractivity contribution in [3.8, 4) is 0 Å². The van der Waals surface area contributed by atoms with Crippen LogP contribution in [0.25, 0.3) is 0 Å². The van der Waals surface area contributed by atoms with Crippen molar-refractivity contribution in [2.45, 2.75) is 26.9 Å². The van der Waals surface area contributed by atoms with Gasteiger partial charge in [-0.2, -0.15) is 9.59 Å². The maximum Gasteiger partial charge on any atom is 0.336 e. The Bertz CT molecular complexity index is 1410. The lowest BCUT2D eigenvalue weighted by Gasteiger charge is -2.16. The molecule has 0 atom stereocenters. The summed E-state index contributed by atoms with van der Waals surface area (Å²) in [6.45, 7) is 3.98. The predicted molar refractivity (Wildman–Crippen MR) is 132 cm³/mol. The molecule has 1 N–H and O–H groups in total. The van der Waals surface area contributed by atoms with Gasteiger partial charge in [0.1, 0.15) is 0 Å². The summed E-state index contributed by atoms with van der Waals surface area (Å²) in [7, 11) is 2.97. The molecular formula is C22H23Cl2N9O4. The van der Waals surface area contributed by atoms with E-state index >= 15 is 0 Å². The number of carboxylic acid groups (broad SMARTS) is 1. The minimum Gasteiger partial charge on any atom is -0.478 e. The first kappa shape index (κ1) is 27.6. The Labute approximate surface area is 221 Å². The van der Waals surface area contributed by atoms with Gasteiger partial charge in [-0.1, -0.05) is 23.2 Å². The molecule has 0 saturated carbocycles. The van der Waals surface area contributed by atoms with E-state index in [2.05, 4.69) is 30.8 Å². The molecule has 0 saturated heterocycles. The number of halogens is 2. The zero-order valence-corrected chi connectivity index (χ0v) is 21.8. The van der Waals surface area contributed by atoms with Crippen molar-refractivity contribution in [1.29, 1.82) is 0 Å². The topological polar surface area (TPSA) is 154 Å². The number of aryl methyl sites for hydroxylation is 2. The van der Waals surface area contributed by atoms with Crippen LogP contribution >= 0.6 is 23.2 Å². The normalized spacial score (nSPS) is 10.5. The first-order valence-electron chi connectivity index (χ1n) is 10.7. The fraction of sp³-hybridized carbons (Fsp3) is 0.273. The Kier molecular flexibility index (Phi) is 9.22. The van der Waals surface area contributed by atoms with Crippen LogP contribution in [0, 0.1) is 13.8 Å². The standard InChI is InChI=1S/C12H14ClN5O2.C10H9ClN4O2/c1-8-14-16-18(15-8)7-9-6-10(13)4-5-11(9)12(19)17(2)20-3;1-6-12-14-15(13-6)5-7-4-8(11)2-3-9(7)10(16)17/h4-6H,7H2,1-3H3;2-4H,5H2,1H3,(H,16,17). The van der Waals surface area contributed by atoms with Gasteiger partial charge in [0.15, 0.2) is 11.6 Å². The molecule has 4 rings (SSSR count). The summed E-state index contributed by atoms with van der Waals surface area (Å²) in [5, 5.41) is 34.4. The number of nitrogens with zero attached hydrogens (tertiary/aromatic N) is 9. The highest BCUT2D eigenvalue weighted by Gasteiger charge is 2.17. The van der Waals surface area contributed by atoms with Gasteiger partial charge >= 0.3 is 5.97 Å². The van der Waals surface area contributed by atoms with Crippen molar-refractivity contribution in [2.24, 2.45) is 0 Å². The van der Waals surface area contributed by atoms with E-state index in [1.807, 2.05) is 0 Å². The SMILES string of the molecule is CON(C)C(=O)c1ccc(Cl)cc1Cn1nnc(C)n1.Cc1nnn(Cc2cc(Cl)ccc2C(=O)O)n1. The summed E-state index contributed by atoms with van der Waals surface area (Å²) >= 11 is 11.8. The van der Waals surface area contributed by atoms with E-state index in [0.29, 0.717) is 44.9 Å². The highest BCUT2D eigenvalue weighted by atomic mass is 35.5. The Balaban J connectivity index is 0.000000208. The molecule has 15 heteroatoms. The third-order valence-corrected chi connectivity index (χ3v) is 5.35. The molecule has 0 aliphatic rings. The van der Waals surface area contributed by atoms with E-state index in [0.717, 1.165) is 5.06 Å². The zero-order chi connectivity index (χ0) is 27.1. The van der Waals surface area contributed by atoms with Crippen LogP contribution in [0.2, 0.25) is 10.0 Å². The molecule has 13 nitrogen and oxygen atoms in total. The smallest absolute Gasteiger partial charge is 0.336 e. The summed E-state index contributed by atoms with van der Waals surface area (Å²) in [5.74, 6) is -0.178. The van der Waals surface area contributed by atoms with Gasteiger partial charge < -0.3 is 5.11 Å². The van der Waals surface area contributed by atoms with Crippen molar-refractivity contribution in [1.82, 2.24) is 45.5 Å². The van der Waals surface area contributed by atoms with Gasteiger partial charge in [0.25, 0.3) is 5.91 Å². The van der Waals surface area contributed by atoms with Gasteiger partial charge in [-0.05, 0) is 71.8 Å². The minimum atomic E-state index is -1.01. The van der Waals surface area contributed by atoms with E-state index in [4.69, 9.17) is 33.1 Å². The first-order chi connectivity index (χ1) is 17.6.